The number of anilines is 1. The highest BCUT2D eigenvalue weighted by Crippen LogP contribution is 2.50. The van der Waals surface area contributed by atoms with Crippen LogP contribution in [0.1, 0.15) is 121 Å². The number of hydroxylamine groups is 1. The first-order valence-electron chi connectivity index (χ1n) is 41.3. The fraction of sp³-hybridized carbons (Fsp3) is 0.419. The van der Waals surface area contributed by atoms with Gasteiger partial charge < -0.3 is 137 Å². The van der Waals surface area contributed by atoms with Gasteiger partial charge in [-0.2, -0.15) is 0 Å². The number of hydrogen-bond acceptors (Lipinski definition) is 31. The highest BCUT2D eigenvalue weighted by molar-refractivity contribution is 6.32. The molecular formula is C86H96Cl2F3N13O27. The molecule has 6 aromatic carbocycles. The first kappa shape index (κ1) is 96.7. The predicted octanol–water partition coefficient (Wildman–Crippen LogP) is 2.78. The van der Waals surface area contributed by atoms with Crippen LogP contribution < -0.4 is 78.0 Å². The zero-order valence-corrected chi connectivity index (χ0v) is 72.0. The molecule has 45 heteroatoms. The molecule has 0 spiro atoms. The number of alkyl halides is 3. The molecule has 702 valence electrons. The number of benzene rings is 6. The van der Waals surface area contributed by atoms with Crippen LogP contribution in [0.3, 0.4) is 0 Å². The van der Waals surface area contributed by atoms with Gasteiger partial charge >= 0.3 is 6.36 Å². The third kappa shape index (κ3) is 22.8. The summed E-state index contributed by atoms with van der Waals surface area (Å²) in [5.74, 6) is -17.1. The third-order valence-corrected chi connectivity index (χ3v) is 23.2. The van der Waals surface area contributed by atoms with E-state index in [1.54, 1.807) is 20.8 Å². The number of carbonyl (C=O) groups is 9. The van der Waals surface area contributed by atoms with Gasteiger partial charge in [0.2, 0.25) is 53.4 Å². The van der Waals surface area contributed by atoms with Crippen molar-refractivity contribution in [1.82, 2.24) is 57.9 Å². The number of amides is 9. The Balaban J connectivity index is 0.946. The molecule has 40 nitrogen and oxygen atoms in total. The molecule has 21 N–H and O–H groups in total. The molecule has 7 aromatic rings. The van der Waals surface area contributed by atoms with Crippen LogP contribution in [0.15, 0.2) is 122 Å². The maximum absolute atomic E-state index is 16.4. The summed E-state index contributed by atoms with van der Waals surface area (Å²) in [4.78, 5) is 146. The summed E-state index contributed by atoms with van der Waals surface area (Å²) in [6, 6.07) is 5.28. The number of fused-ring (bicyclic) bond motifs is 15. The molecule has 9 amide bonds. The number of nitrogens with zero attached hydrogens (tertiary/aromatic N) is 2. The number of halogens is 5. The first-order valence-corrected chi connectivity index (χ1v) is 42.0. The second kappa shape index (κ2) is 41.3. The Morgan fingerprint density at radius 2 is 1.40 bits per heavy atom. The molecule has 9 heterocycles. The van der Waals surface area contributed by atoms with Gasteiger partial charge in [-0.1, -0.05) is 61.3 Å². The van der Waals surface area contributed by atoms with Crippen molar-refractivity contribution < 1.29 is 145 Å². The largest absolute Gasteiger partial charge is 0.573 e. The number of ether oxygens (including phenoxy) is 8. The SMILES string of the molecule is CNC(CC(C)C)C(=O)NC1C(=O)NC(CC(N)=O)C(=O)NC2C(=O)NC3C(=O)NC(C(=O)N[C@@H](C(=O)NOCCN4CCOCC4)c4cc(O)cc(O)c4-c4cc3ccc4O)C(O)c3ccc(c(Cl)c3)Oc3cc2cc(c3OC2OC(CO)C(O)C(O)C2OC2C[C@@](C)(NCc3cncc(C(=O)Nc4cccc(OC(F)(F)F)c4)c3)C(O)C(C)O2)Oc2ccc(cc2Cl)C1O. The number of nitrogens with two attached hydrogens (primary N) is 1. The number of phenolic OH excluding ortho intramolecular Hbond substituents is 3. The summed E-state index contributed by atoms with van der Waals surface area (Å²) >= 11 is 14.4. The number of aromatic nitrogens is 1. The molecule has 8 aliphatic heterocycles. The van der Waals surface area contributed by atoms with E-state index in [-0.39, 0.29) is 66.4 Å². The Bertz CT molecular complexity index is 5460. The number of rotatable bonds is 23. The van der Waals surface area contributed by atoms with E-state index in [2.05, 4.69) is 63.1 Å². The molecule has 16 unspecified atom stereocenters. The van der Waals surface area contributed by atoms with Gasteiger partial charge in [-0.3, -0.25) is 57.9 Å². The molecule has 3 fully saturated rings. The van der Waals surface area contributed by atoms with Crippen molar-refractivity contribution in [3.8, 4) is 62.9 Å². The Morgan fingerprint density at radius 1 is 0.733 bits per heavy atom. The van der Waals surface area contributed by atoms with E-state index in [4.69, 9.17) is 66.9 Å². The molecule has 0 radical (unpaired) electrons. The fourth-order valence-electron chi connectivity index (χ4n) is 15.8. The minimum atomic E-state index is -5.03. The molecule has 0 saturated carbocycles. The molecule has 1 aromatic heterocycles. The summed E-state index contributed by atoms with van der Waals surface area (Å²) in [7, 11) is 1.46. The number of aliphatic hydroxyl groups excluding tert-OH is 6. The van der Waals surface area contributed by atoms with Crippen LogP contribution in [0.4, 0.5) is 18.9 Å². The van der Waals surface area contributed by atoms with Crippen molar-refractivity contribution in [2.45, 2.75) is 169 Å². The maximum Gasteiger partial charge on any atom is 0.573 e. The fourth-order valence-corrected chi connectivity index (χ4v) is 16.3. The molecule has 3 saturated heterocycles. The number of pyridine rings is 1. The molecule has 11 bridgehead atoms. The van der Waals surface area contributed by atoms with E-state index in [9.17, 15) is 78.3 Å². The minimum Gasteiger partial charge on any atom is -0.508 e. The van der Waals surface area contributed by atoms with Gasteiger partial charge in [0.15, 0.2) is 23.9 Å². The molecule has 0 aliphatic carbocycles. The Labute approximate surface area is 754 Å². The van der Waals surface area contributed by atoms with Gasteiger partial charge in [0.05, 0.1) is 66.7 Å². The molecule has 8 aliphatic rings. The second-order valence-corrected chi connectivity index (χ2v) is 33.3. The van der Waals surface area contributed by atoms with Crippen molar-refractivity contribution >= 4 is 82.1 Å². The van der Waals surface area contributed by atoms with Crippen LogP contribution in [-0.4, -0.2) is 247 Å². The Kier molecular flexibility index (Phi) is 30.5. The highest BCUT2D eigenvalue weighted by atomic mass is 35.5. The number of nitrogens with one attached hydrogen (secondary N) is 10. The maximum atomic E-state index is 16.4. The number of aliphatic hydroxyl groups is 6. The number of morpholine rings is 1. The van der Waals surface area contributed by atoms with E-state index >= 15 is 24.0 Å². The van der Waals surface area contributed by atoms with Crippen molar-refractivity contribution in [1.29, 1.82) is 0 Å². The van der Waals surface area contributed by atoms with Gasteiger partial charge in [0.25, 0.3) is 11.8 Å². The summed E-state index contributed by atoms with van der Waals surface area (Å²) < 4.78 is 88.2. The van der Waals surface area contributed by atoms with Crippen LogP contribution in [-0.2, 0) is 68.7 Å². The number of carbonyl (C=O) groups excluding carboxylic acids is 9. The van der Waals surface area contributed by atoms with Crippen LogP contribution in [0.2, 0.25) is 10.0 Å². The number of primary amides is 1. The first-order chi connectivity index (χ1) is 62.2. The Hall–Kier alpha value is -11.9. The lowest BCUT2D eigenvalue weighted by atomic mass is 9.84. The Morgan fingerprint density at radius 3 is 2.05 bits per heavy atom. The summed E-state index contributed by atoms with van der Waals surface area (Å²) in [5.41, 5.74) is 4.08. The third-order valence-electron chi connectivity index (χ3n) is 22.6. The zero-order valence-electron chi connectivity index (χ0n) is 70.5. The smallest absolute Gasteiger partial charge is 0.508 e. The van der Waals surface area contributed by atoms with Crippen LogP contribution in [0, 0.1) is 5.92 Å². The molecule has 18 atom stereocenters. The lowest BCUT2D eigenvalue weighted by Crippen LogP contribution is -2.65. The average Bonchev–Trinajstić information content (AvgIpc) is 0.763. The number of phenols is 3. The van der Waals surface area contributed by atoms with Crippen molar-refractivity contribution in [3.05, 3.63) is 171 Å². The van der Waals surface area contributed by atoms with Gasteiger partial charge in [-0.05, 0) is 139 Å². The van der Waals surface area contributed by atoms with Gasteiger partial charge in [0.1, 0.15) is 101 Å². The van der Waals surface area contributed by atoms with E-state index < -0.39 is 266 Å². The minimum absolute atomic E-state index is 0.0476. The van der Waals surface area contributed by atoms with Crippen molar-refractivity contribution in [3.63, 3.8) is 0 Å². The van der Waals surface area contributed by atoms with Crippen LogP contribution in [0.5, 0.6) is 51.7 Å². The molecule has 131 heavy (non-hydrogen) atoms. The average molecular weight is 1870 g/mol. The number of likely N-dealkylation sites (N-methyl/N-ethyl adjacent to an activating group) is 1. The van der Waals surface area contributed by atoms with E-state index in [0.29, 0.717) is 31.9 Å². The van der Waals surface area contributed by atoms with Gasteiger partial charge in [-0.25, -0.2) is 5.48 Å². The zero-order chi connectivity index (χ0) is 94.4. The second-order valence-electron chi connectivity index (χ2n) is 32.5. The molecule has 15 rings (SSSR count). The quantitative estimate of drug-likeness (QED) is 0.0323. The highest BCUT2D eigenvalue weighted by Gasteiger charge is 2.53. The van der Waals surface area contributed by atoms with Crippen LogP contribution >= 0.6 is 23.2 Å². The molecular weight excluding hydrogens is 1770 g/mol. The number of aromatic hydroxyl groups is 3. The summed E-state index contributed by atoms with van der Waals surface area (Å²) in [5, 5.41) is 130. The van der Waals surface area contributed by atoms with E-state index in [1.165, 1.54) is 50.6 Å². The normalized spacial score (nSPS) is 26.3. The van der Waals surface area contributed by atoms with Crippen molar-refractivity contribution in [2.24, 2.45) is 11.7 Å². The summed E-state index contributed by atoms with van der Waals surface area (Å²) in [6.45, 7) is 7.44. The number of hydrogen-bond donors (Lipinski definition) is 20. The van der Waals surface area contributed by atoms with Gasteiger partial charge in [-0.15, -0.1) is 13.2 Å². The monoisotopic (exact) mass is 1870 g/mol. The standard InChI is InChI=1S/C86H96Cl2F3N13O27/c1-37(2)21-52(93-5)77(116)101-67-69(110)41-10-13-56(50(87)24-41)126-58-26-43-27-59(73(58)130-84-74(72(113)71(112)60(36-105)128-84)129-62-32-85(4,75(114)38(3)125-62)95-34-39-22-44(35-94-33-39)76(115)96-45-7-6-8-47(28-45)131-86(89,90)91)127-57-14-11-42(25-51(57)88)70(111)68-82(121)100-66(83(122)103-124-20-17-104-15-18-123-19-16-104)49-29-46(106)30-55(108)63(49)48-23-40(9-12-54(48)107)64(79(118)102-68)99-80(119)65(43)98-78(117)53(31-61(92)109)97-81(67)120/h6-14,22-30,33,35,37-38,52-53,60,62,64-72,74-75,84,93,95,105-108,110-114H,15-21,31-32,34,36H2,1-5H3,(H2,92,109)(H,96,115)(H,97,120)(H,98,117)(H,99,119)(H,100,121)(H,101,116)(H,102,118)(H,103,122)/t38?,52?,53?,60?,62?,64?,65?,66-,67?,68?,69?,70?,71?,72?,74?,75?,84?,85-/m1/s1. The predicted molar refractivity (Wildman–Crippen MR) is 451 cm³/mol. The lowest BCUT2D eigenvalue weighted by molar-refractivity contribution is -0.334. The lowest BCUT2D eigenvalue weighted by Gasteiger charge is -2.48. The van der Waals surface area contributed by atoms with E-state index in [1.807, 2.05) is 4.90 Å². The van der Waals surface area contributed by atoms with Crippen LogP contribution in [0.25, 0.3) is 11.1 Å². The van der Waals surface area contributed by atoms with E-state index in [0.717, 1.165) is 84.9 Å². The topological polar surface area (TPSA) is 581 Å². The van der Waals surface area contributed by atoms with Crippen molar-refractivity contribution in [2.75, 3.05) is 58.4 Å². The van der Waals surface area contributed by atoms with Gasteiger partial charge in [0, 0.05) is 79.5 Å². The summed E-state index contributed by atoms with van der Waals surface area (Å²) in [6.07, 6.45) is -22.4.